The van der Waals surface area contributed by atoms with Gasteiger partial charge in [0.1, 0.15) is 22.7 Å². The van der Waals surface area contributed by atoms with Crippen LogP contribution >= 0.6 is 0 Å². The lowest BCUT2D eigenvalue weighted by Crippen LogP contribution is -1.98. The van der Waals surface area contributed by atoms with Crippen LogP contribution < -0.4 is 4.74 Å². The molecule has 1 N–H and O–H groups in total. The van der Waals surface area contributed by atoms with E-state index in [4.69, 9.17) is 4.74 Å². The quantitative estimate of drug-likeness (QED) is 0.527. The van der Waals surface area contributed by atoms with Crippen LogP contribution in [-0.4, -0.2) is 20.4 Å². The normalized spacial score (nSPS) is 14.5. The molecule has 2 aromatic heterocycles. The molecule has 0 fully saturated rings. The highest BCUT2D eigenvalue weighted by atomic mass is 16.5. The molecule has 0 spiro atoms. The molecule has 2 aromatic carbocycles. The predicted molar refractivity (Wildman–Crippen MR) is 107 cm³/mol. The van der Waals surface area contributed by atoms with Crippen molar-refractivity contribution in [2.24, 2.45) is 7.05 Å². The highest BCUT2D eigenvalue weighted by molar-refractivity contribution is 6.17. The van der Waals surface area contributed by atoms with E-state index >= 15 is 0 Å². The molecule has 0 amide bonds. The summed E-state index contributed by atoms with van der Waals surface area (Å²) in [5.41, 5.74) is 3.96. The van der Waals surface area contributed by atoms with Gasteiger partial charge in [-0.1, -0.05) is 36.4 Å². The molecular weight excluding hydrogens is 352 g/mol. The standard InChI is InChI=1S/C23H16N2O3/c1-25-13-15(12-19-22(27)21-17(26)8-5-9-18(21)28-19)20-16(10-11-24-23(20)25)14-6-3-2-4-7-14/h2-13,26H,1H3. The zero-order valence-electron chi connectivity index (χ0n) is 15.1. The highest BCUT2D eigenvalue weighted by Crippen LogP contribution is 2.39. The Bertz CT molecular complexity index is 1270. The topological polar surface area (TPSA) is 64.3 Å². The second-order valence-corrected chi connectivity index (χ2v) is 6.71. The Morgan fingerprint density at radius 2 is 1.89 bits per heavy atom. The number of hydrogen-bond donors (Lipinski definition) is 1. The van der Waals surface area contributed by atoms with Gasteiger partial charge in [-0.2, -0.15) is 0 Å². The molecule has 3 heterocycles. The van der Waals surface area contributed by atoms with Crippen molar-refractivity contribution in [2.75, 3.05) is 0 Å². The van der Waals surface area contributed by atoms with E-state index in [1.807, 2.05) is 54.2 Å². The summed E-state index contributed by atoms with van der Waals surface area (Å²) in [5, 5.41) is 11.0. The first kappa shape index (κ1) is 16.3. The van der Waals surface area contributed by atoms with Gasteiger partial charge in [-0.05, 0) is 35.4 Å². The molecule has 0 aliphatic carbocycles. The van der Waals surface area contributed by atoms with Crippen molar-refractivity contribution in [1.82, 2.24) is 9.55 Å². The number of rotatable bonds is 2. The van der Waals surface area contributed by atoms with Crippen LogP contribution in [0.15, 0.2) is 72.8 Å². The third kappa shape index (κ3) is 2.41. The molecule has 0 saturated heterocycles. The second-order valence-electron chi connectivity index (χ2n) is 6.71. The Labute approximate surface area is 161 Å². The van der Waals surface area contributed by atoms with Crippen LogP contribution in [0, 0.1) is 0 Å². The van der Waals surface area contributed by atoms with Crippen molar-refractivity contribution in [3.05, 3.63) is 83.9 Å². The summed E-state index contributed by atoms with van der Waals surface area (Å²) in [6.45, 7) is 0. The van der Waals surface area contributed by atoms with E-state index in [9.17, 15) is 9.90 Å². The van der Waals surface area contributed by atoms with Crippen molar-refractivity contribution in [1.29, 1.82) is 0 Å². The summed E-state index contributed by atoms with van der Waals surface area (Å²) in [4.78, 5) is 17.2. The van der Waals surface area contributed by atoms with Crippen LogP contribution in [0.1, 0.15) is 15.9 Å². The lowest BCUT2D eigenvalue weighted by molar-refractivity contribution is 0.101. The van der Waals surface area contributed by atoms with Gasteiger partial charge in [-0.25, -0.2) is 4.98 Å². The first-order valence-electron chi connectivity index (χ1n) is 8.89. The SMILES string of the molecule is Cn1cc(C=C2Oc3cccc(O)c3C2=O)c2c(-c3ccccc3)ccnc21. The average molecular weight is 368 g/mol. The van der Waals surface area contributed by atoms with E-state index in [0.717, 1.165) is 27.7 Å². The summed E-state index contributed by atoms with van der Waals surface area (Å²) >= 11 is 0. The Hall–Kier alpha value is -3.86. The fourth-order valence-electron chi connectivity index (χ4n) is 3.66. The molecule has 5 rings (SSSR count). The van der Waals surface area contributed by atoms with Gasteiger partial charge in [0.25, 0.3) is 0 Å². The van der Waals surface area contributed by atoms with Gasteiger partial charge in [0.2, 0.25) is 5.78 Å². The number of phenolic OH excluding ortho intramolecular Hbond substituents is 1. The van der Waals surface area contributed by atoms with Gasteiger partial charge in [-0.3, -0.25) is 4.79 Å². The molecule has 0 atom stereocenters. The molecule has 136 valence electrons. The average Bonchev–Trinajstić information content (AvgIpc) is 3.21. The van der Waals surface area contributed by atoms with Crippen LogP contribution in [-0.2, 0) is 7.05 Å². The predicted octanol–water partition coefficient (Wildman–Crippen LogP) is 4.56. The van der Waals surface area contributed by atoms with Crippen molar-refractivity contribution in [2.45, 2.75) is 0 Å². The minimum Gasteiger partial charge on any atom is -0.507 e. The molecule has 4 aromatic rings. The first-order valence-corrected chi connectivity index (χ1v) is 8.89. The number of ketones is 1. The Balaban J connectivity index is 1.70. The maximum absolute atomic E-state index is 12.7. The molecule has 0 bridgehead atoms. The highest BCUT2D eigenvalue weighted by Gasteiger charge is 2.30. The lowest BCUT2D eigenvalue weighted by atomic mass is 10.0. The van der Waals surface area contributed by atoms with E-state index in [-0.39, 0.29) is 22.9 Å². The second kappa shape index (κ2) is 6.09. The maximum atomic E-state index is 12.7. The number of ether oxygens (including phenoxy) is 1. The summed E-state index contributed by atoms with van der Waals surface area (Å²) in [7, 11) is 1.92. The number of Topliss-reactive ketones (excluding diaryl/α,β-unsaturated/α-hetero) is 1. The number of aryl methyl sites for hydroxylation is 1. The minimum absolute atomic E-state index is 0.0736. The number of fused-ring (bicyclic) bond motifs is 2. The Morgan fingerprint density at radius 1 is 1.07 bits per heavy atom. The molecule has 1 aliphatic heterocycles. The fraction of sp³-hybridized carbons (Fsp3) is 0.0435. The zero-order valence-corrected chi connectivity index (χ0v) is 15.1. The lowest BCUT2D eigenvalue weighted by Gasteiger charge is -2.05. The van der Waals surface area contributed by atoms with Gasteiger partial charge in [0, 0.05) is 30.4 Å². The molecule has 0 radical (unpaired) electrons. The van der Waals surface area contributed by atoms with Crippen molar-refractivity contribution in [3.8, 4) is 22.6 Å². The van der Waals surface area contributed by atoms with Gasteiger partial charge < -0.3 is 14.4 Å². The number of carbonyl (C=O) groups excluding carboxylic acids is 1. The largest absolute Gasteiger partial charge is 0.507 e. The van der Waals surface area contributed by atoms with Crippen LogP contribution in [0.3, 0.4) is 0 Å². The van der Waals surface area contributed by atoms with E-state index in [1.54, 1.807) is 24.4 Å². The van der Waals surface area contributed by atoms with E-state index in [0.29, 0.717) is 5.75 Å². The number of aromatic hydroxyl groups is 1. The van der Waals surface area contributed by atoms with Gasteiger partial charge in [0.15, 0.2) is 5.76 Å². The maximum Gasteiger partial charge on any atom is 0.235 e. The number of pyridine rings is 1. The number of hydrogen-bond acceptors (Lipinski definition) is 4. The van der Waals surface area contributed by atoms with Gasteiger partial charge in [-0.15, -0.1) is 0 Å². The number of aromatic nitrogens is 2. The smallest absolute Gasteiger partial charge is 0.235 e. The molecule has 0 saturated carbocycles. The summed E-state index contributed by atoms with van der Waals surface area (Å²) < 4.78 is 7.66. The molecule has 5 heteroatoms. The fourth-order valence-corrected chi connectivity index (χ4v) is 3.66. The van der Waals surface area contributed by atoms with Crippen LogP contribution in [0.2, 0.25) is 0 Å². The minimum atomic E-state index is -0.324. The number of phenols is 1. The molecule has 0 unspecified atom stereocenters. The number of benzene rings is 2. The molecule has 1 aliphatic rings. The first-order chi connectivity index (χ1) is 13.6. The number of nitrogens with zero attached hydrogens (tertiary/aromatic N) is 2. The molecule has 28 heavy (non-hydrogen) atoms. The van der Waals surface area contributed by atoms with Gasteiger partial charge >= 0.3 is 0 Å². The number of carbonyl (C=O) groups is 1. The van der Waals surface area contributed by atoms with E-state index < -0.39 is 0 Å². The zero-order chi connectivity index (χ0) is 19.3. The molecular formula is C23H16N2O3. The van der Waals surface area contributed by atoms with Gasteiger partial charge in [0.05, 0.1) is 0 Å². The number of allylic oxidation sites excluding steroid dienone is 1. The summed E-state index contributed by atoms with van der Waals surface area (Å²) in [6, 6.07) is 16.8. The van der Waals surface area contributed by atoms with Crippen LogP contribution in [0.4, 0.5) is 0 Å². The van der Waals surface area contributed by atoms with E-state index in [2.05, 4.69) is 4.98 Å². The van der Waals surface area contributed by atoms with Crippen molar-refractivity contribution in [3.63, 3.8) is 0 Å². The Kier molecular flexibility index (Phi) is 3.55. The Morgan fingerprint density at radius 3 is 2.68 bits per heavy atom. The van der Waals surface area contributed by atoms with Crippen LogP contribution in [0.25, 0.3) is 28.2 Å². The molecule has 5 nitrogen and oxygen atoms in total. The monoisotopic (exact) mass is 368 g/mol. The summed E-state index contributed by atoms with van der Waals surface area (Å²) in [5.74, 6) is 0.162. The van der Waals surface area contributed by atoms with Crippen molar-refractivity contribution < 1.29 is 14.6 Å². The van der Waals surface area contributed by atoms with Crippen molar-refractivity contribution >= 4 is 22.9 Å². The summed E-state index contributed by atoms with van der Waals surface area (Å²) in [6.07, 6.45) is 5.43. The third-order valence-corrected chi connectivity index (χ3v) is 4.93. The van der Waals surface area contributed by atoms with E-state index in [1.165, 1.54) is 6.07 Å². The third-order valence-electron chi connectivity index (χ3n) is 4.93. The van der Waals surface area contributed by atoms with Crippen LogP contribution in [0.5, 0.6) is 11.5 Å².